The maximum atomic E-state index is 12.9. The van der Waals surface area contributed by atoms with Crippen LogP contribution in [-0.4, -0.2) is 52.2 Å². The third kappa shape index (κ3) is 3.69. The predicted octanol–water partition coefficient (Wildman–Crippen LogP) is 2.34. The van der Waals surface area contributed by atoms with Crippen molar-refractivity contribution in [2.45, 2.75) is 50.7 Å². The zero-order valence-electron chi connectivity index (χ0n) is 13.1. The third-order valence-corrected chi connectivity index (χ3v) is 4.68. The van der Waals surface area contributed by atoms with Crippen LogP contribution in [0.15, 0.2) is 18.3 Å². The second kappa shape index (κ2) is 7.08. The first-order valence-corrected chi connectivity index (χ1v) is 8.27. The predicted molar refractivity (Wildman–Crippen MR) is 83.5 cm³/mol. The maximum Gasteiger partial charge on any atom is 0.335 e. The van der Waals surface area contributed by atoms with Gasteiger partial charge in [-0.15, -0.1) is 0 Å². The summed E-state index contributed by atoms with van der Waals surface area (Å²) >= 11 is 0. The van der Waals surface area contributed by atoms with Gasteiger partial charge >= 0.3 is 5.97 Å². The summed E-state index contributed by atoms with van der Waals surface area (Å²) in [6.07, 6.45) is 7.72. The van der Waals surface area contributed by atoms with Crippen LogP contribution in [0.1, 0.15) is 59.4 Å². The van der Waals surface area contributed by atoms with Crippen molar-refractivity contribution in [2.75, 3.05) is 13.2 Å². The summed E-state index contributed by atoms with van der Waals surface area (Å²) in [6.45, 7) is 1.33. The molecule has 1 saturated heterocycles. The minimum Gasteiger partial charge on any atom is -0.478 e. The molecule has 0 aromatic carbocycles. The molecular formula is C17H22N2O4. The minimum atomic E-state index is -1.05. The summed E-state index contributed by atoms with van der Waals surface area (Å²) in [5, 5.41) is 9.10. The van der Waals surface area contributed by atoms with Crippen LogP contribution in [0, 0.1) is 0 Å². The van der Waals surface area contributed by atoms with Crippen molar-refractivity contribution >= 4 is 11.9 Å². The first kappa shape index (κ1) is 15.9. The number of hydrogen-bond acceptors (Lipinski definition) is 4. The van der Waals surface area contributed by atoms with Gasteiger partial charge in [0.25, 0.3) is 5.91 Å². The Morgan fingerprint density at radius 2 is 2.04 bits per heavy atom. The van der Waals surface area contributed by atoms with Crippen molar-refractivity contribution in [1.82, 2.24) is 9.88 Å². The molecule has 2 fully saturated rings. The van der Waals surface area contributed by atoms with E-state index in [0.717, 1.165) is 45.1 Å². The lowest BCUT2D eigenvalue weighted by Crippen LogP contribution is -2.43. The summed E-state index contributed by atoms with van der Waals surface area (Å²) in [6, 6.07) is 2.98. The molecule has 1 aromatic heterocycles. The largest absolute Gasteiger partial charge is 0.478 e. The number of ether oxygens (including phenoxy) is 1. The maximum absolute atomic E-state index is 12.9. The standard InChI is InChI=1S/C17H22N2O4/c20-16(15-10-12(17(21)22)7-8-18-15)19(13-4-1-2-5-13)11-14-6-3-9-23-14/h7-8,10,13-14H,1-6,9,11H2,(H,21,22). The van der Waals surface area contributed by atoms with E-state index in [9.17, 15) is 9.59 Å². The summed E-state index contributed by atoms with van der Waals surface area (Å²) < 4.78 is 5.68. The second-order valence-electron chi connectivity index (χ2n) is 6.27. The monoisotopic (exact) mass is 318 g/mol. The van der Waals surface area contributed by atoms with E-state index in [0.29, 0.717) is 6.54 Å². The number of carbonyl (C=O) groups excluding carboxylic acids is 1. The van der Waals surface area contributed by atoms with Gasteiger partial charge in [0, 0.05) is 25.4 Å². The number of carbonyl (C=O) groups is 2. The lowest BCUT2D eigenvalue weighted by molar-refractivity contribution is 0.0416. The first-order chi connectivity index (χ1) is 11.1. The van der Waals surface area contributed by atoms with Crippen LogP contribution >= 0.6 is 0 Å². The normalized spacial score (nSPS) is 21.5. The van der Waals surface area contributed by atoms with Crippen LogP contribution in [0.4, 0.5) is 0 Å². The molecule has 1 unspecified atom stereocenters. The van der Waals surface area contributed by atoms with E-state index in [4.69, 9.17) is 9.84 Å². The SMILES string of the molecule is O=C(O)c1ccnc(C(=O)N(CC2CCCO2)C2CCCC2)c1. The Hall–Kier alpha value is -1.95. The molecule has 2 aliphatic rings. The molecule has 0 bridgehead atoms. The Balaban J connectivity index is 1.80. The van der Waals surface area contributed by atoms with Gasteiger partial charge in [0.15, 0.2) is 0 Å². The fraction of sp³-hybridized carbons (Fsp3) is 0.588. The fourth-order valence-electron chi connectivity index (χ4n) is 3.45. The molecule has 0 radical (unpaired) electrons. The number of hydrogen-bond donors (Lipinski definition) is 1. The van der Waals surface area contributed by atoms with Gasteiger partial charge in [0.05, 0.1) is 11.7 Å². The van der Waals surface area contributed by atoms with E-state index in [1.165, 1.54) is 18.3 Å². The Labute approximate surface area is 135 Å². The Bertz CT molecular complexity index is 578. The third-order valence-electron chi connectivity index (χ3n) is 4.68. The highest BCUT2D eigenvalue weighted by Gasteiger charge is 2.31. The minimum absolute atomic E-state index is 0.0854. The van der Waals surface area contributed by atoms with Gasteiger partial charge in [0.2, 0.25) is 0 Å². The number of aromatic nitrogens is 1. The Kier molecular flexibility index (Phi) is 4.91. The van der Waals surface area contributed by atoms with Crippen molar-refractivity contribution in [3.05, 3.63) is 29.6 Å². The molecule has 1 atom stereocenters. The van der Waals surface area contributed by atoms with Crippen molar-refractivity contribution in [1.29, 1.82) is 0 Å². The highest BCUT2D eigenvalue weighted by molar-refractivity contribution is 5.96. The summed E-state index contributed by atoms with van der Waals surface area (Å²) in [7, 11) is 0. The van der Waals surface area contributed by atoms with Gasteiger partial charge in [-0.05, 0) is 37.8 Å². The van der Waals surface area contributed by atoms with Crippen molar-refractivity contribution in [3.63, 3.8) is 0 Å². The zero-order valence-corrected chi connectivity index (χ0v) is 13.1. The van der Waals surface area contributed by atoms with E-state index in [2.05, 4.69) is 4.98 Å². The van der Waals surface area contributed by atoms with Crippen molar-refractivity contribution in [2.24, 2.45) is 0 Å². The van der Waals surface area contributed by atoms with E-state index in [1.54, 1.807) is 0 Å². The molecule has 23 heavy (non-hydrogen) atoms. The molecular weight excluding hydrogens is 296 g/mol. The quantitative estimate of drug-likeness (QED) is 0.901. The van der Waals surface area contributed by atoms with Gasteiger partial charge in [-0.25, -0.2) is 4.79 Å². The van der Waals surface area contributed by atoms with Crippen molar-refractivity contribution < 1.29 is 19.4 Å². The molecule has 1 amide bonds. The fourth-order valence-corrected chi connectivity index (χ4v) is 3.45. The molecule has 1 aliphatic carbocycles. The van der Waals surface area contributed by atoms with E-state index < -0.39 is 5.97 Å². The Morgan fingerprint density at radius 1 is 1.26 bits per heavy atom. The second-order valence-corrected chi connectivity index (χ2v) is 6.27. The number of amides is 1. The average Bonchev–Trinajstić information content (AvgIpc) is 3.25. The van der Waals surface area contributed by atoms with Crippen LogP contribution < -0.4 is 0 Å². The molecule has 1 aliphatic heterocycles. The van der Waals surface area contributed by atoms with Crippen LogP contribution in [0.2, 0.25) is 0 Å². The summed E-state index contributed by atoms with van der Waals surface area (Å²) in [4.78, 5) is 30.0. The smallest absolute Gasteiger partial charge is 0.335 e. The zero-order chi connectivity index (χ0) is 16.2. The molecule has 6 heteroatoms. The number of carboxylic acids is 1. The number of rotatable bonds is 5. The van der Waals surface area contributed by atoms with Gasteiger partial charge < -0.3 is 14.7 Å². The molecule has 124 valence electrons. The van der Waals surface area contributed by atoms with Crippen LogP contribution in [0.3, 0.4) is 0 Å². The highest BCUT2D eigenvalue weighted by Crippen LogP contribution is 2.26. The molecule has 6 nitrogen and oxygen atoms in total. The lowest BCUT2D eigenvalue weighted by atomic mass is 10.1. The molecule has 1 aromatic rings. The summed E-state index contributed by atoms with van der Waals surface area (Å²) in [5.74, 6) is -1.23. The number of nitrogens with zero attached hydrogens (tertiary/aromatic N) is 2. The molecule has 1 N–H and O–H groups in total. The van der Waals surface area contributed by atoms with Gasteiger partial charge in [0.1, 0.15) is 5.69 Å². The topological polar surface area (TPSA) is 79.7 Å². The van der Waals surface area contributed by atoms with Gasteiger partial charge in [-0.2, -0.15) is 0 Å². The van der Waals surface area contributed by atoms with Crippen LogP contribution in [0.25, 0.3) is 0 Å². The van der Waals surface area contributed by atoms with Crippen LogP contribution in [-0.2, 0) is 4.74 Å². The average molecular weight is 318 g/mol. The van der Waals surface area contributed by atoms with E-state index in [1.807, 2.05) is 4.90 Å². The van der Waals surface area contributed by atoms with E-state index in [-0.39, 0.29) is 29.3 Å². The van der Waals surface area contributed by atoms with Crippen LogP contribution in [0.5, 0.6) is 0 Å². The Morgan fingerprint density at radius 3 is 2.70 bits per heavy atom. The lowest BCUT2D eigenvalue weighted by Gasteiger charge is -2.31. The summed E-state index contributed by atoms with van der Waals surface area (Å²) in [5.41, 5.74) is 0.293. The highest BCUT2D eigenvalue weighted by atomic mass is 16.5. The number of carboxylic acid groups (broad SMARTS) is 1. The molecule has 0 spiro atoms. The first-order valence-electron chi connectivity index (χ1n) is 8.27. The number of pyridine rings is 1. The van der Waals surface area contributed by atoms with Crippen molar-refractivity contribution in [3.8, 4) is 0 Å². The molecule has 3 rings (SSSR count). The van der Waals surface area contributed by atoms with Gasteiger partial charge in [-0.3, -0.25) is 9.78 Å². The number of aromatic carboxylic acids is 1. The van der Waals surface area contributed by atoms with Gasteiger partial charge in [-0.1, -0.05) is 12.8 Å². The molecule has 1 saturated carbocycles. The van der Waals surface area contributed by atoms with E-state index >= 15 is 0 Å². The molecule has 2 heterocycles.